The molecule has 0 N–H and O–H groups in total. The number of benzene rings is 3. The Labute approximate surface area is 386 Å². The Morgan fingerprint density at radius 3 is 2.29 bits per heavy atom. The standard InChI is InChI=1S/C54H70N2O9/c1-7-54(4,5)51(61)53(63)56-30-13-12-19-48(56)49(59)34-42(23-22-39-21-20-37(2)38(3)32-39)41-16-15-18-46(33-41)65-36-44(58)17-11-9-8-10-14-31-64-45-27-24-40(25-28-45)52(62)55(6)47-29-26-43(57)35-50(47)60/h15-16,18,20-21,24-25,27-28,32-33,42,47-48H,7-14,17,19,22-23,26,29-31,34-36H2,1-6H3/t42-,47?,48?/m0/s1. The van der Waals surface area contributed by atoms with E-state index in [2.05, 4.69) is 32.0 Å². The molecule has 3 aromatic rings. The summed E-state index contributed by atoms with van der Waals surface area (Å²) < 4.78 is 11.9. The summed E-state index contributed by atoms with van der Waals surface area (Å²) in [5.41, 5.74) is 4.24. The van der Waals surface area contributed by atoms with Crippen molar-refractivity contribution >= 4 is 40.7 Å². The van der Waals surface area contributed by atoms with Crippen LogP contribution < -0.4 is 9.47 Å². The van der Waals surface area contributed by atoms with E-state index in [9.17, 15) is 33.6 Å². The van der Waals surface area contributed by atoms with Crippen LogP contribution in [0.2, 0.25) is 0 Å². The second-order valence-electron chi connectivity index (χ2n) is 18.8. The molecule has 2 amide bonds. The number of hydrogen-bond acceptors (Lipinski definition) is 9. The highest BCUT2D eigenvalue weighted by atomic mass is 16.5. The van der Waals surface area contributed by atoms with Gasteiger partial charge in [-0.1, -0.05) is 70.4 Å². The number of hydrogen-bond donors (Lipinski definition) is 0. The first kappa shape index (κ1) is 50.5. The Kier molecular flexibility index (Phi) is 18.8. The van der Waals surface area contributed by atoms with E-state index in [0.717, 1.165) is 56.9 Å². The molecule has 2 aliphatic rings. The molecule has 3 atom stereocenters. The highest BCUT2D eigenvalue weighted by Crippen LogP contribution is 2.32. The molecule has 5 rings (SSSR count). The lowest BCUT2D eigenvalue weighted by atomic mass is 9.82. The molecule has 0 radical (unpaired) electrons. The van der Waals surface area contributed by atoms with Crippen molar-refractivity contribution in [1.82, 2.24) is 9.80 Å². The Bertz CT molecular complexity index is 2160. The monoisotopic (exact) mass is 891 g/mol. The van der Waals surface area contributed by atoms with Gasteiger partial charge in [0, 0.05) is 43.8 Å². The Morgan fingerprint density at radius 1 is 0.831 bits per heavy atom. The zero-order chi connectivity index (χ0) is 47.1. The quantitative estimate of drug-likeness (QED) is 0.0488. The molecule has 0 aromatic heterocycles. The maximum atomic E-state index is 14.2. The lowest BCUT2D eigenvalue weighted by Gasteiger charge is -2.36. The van der Waals surface area contributed by atoms with Gasteiger partial charge >= 0.3 is 0 Å². The minimum Gasteiger partial charge on any atom is -0.494 e. The number of Topliss-reactive ketones (excluding diaryl/α,β-unsaturated/α-hetero) is 5. The molecule has 11 heteroatoms. The van der Waals surface area contributed by atoms with Crippen molar-refractivity contribution in [2.75, 3.05) is 26.8 Å². The van der Waals surface area contributed by atoms with Gasteiger partial charge < -0.3 is 19.3 Å². The van der Waals surface area contributed by atoms with E-state index in [-0.39, 0.29) is 54.4 Å². The fourth-order valence-corrected chi connectivity index (χ4v) is 8.70. The Hall–Kier alpha value is -5.45. The van der Waals surface area contributed by atoms with E-state index in [0.29, 0.717) is 68.7 Å². The normalized spacial score (nSPS) is 17.0. The minimum atomic E-state index is -0.789. The van der Waals surface area contributed by atoms with Crippen LogP contribution in [0.25, 0.3) is 0 Å². The number of carbonyl (C=O) groups is 7. The molecule has 11 nitrogen and oxygen atoms in total. The molecule has 1 aliphatic carbocycles. The van der Waals surface area contributed by atoms with Gasteiger partial charge in [-0.2, -0.15) is 0 Å². The predicted octanol–water partition coefficient (Wildman–Crippen LogP) is 9.50. The summed E-state index contributed by atoms with van der Waals surface area (Å²) in [7, 11) is 1.60. The second kappa shape index (κ2) is 24.2. The Balaban J connectivity index is 1.06. The van der Waals surface area contributed by atoms with Gasteiger partial charge in [0.15, 0.2) is 17.3 Å². The molecule has 0 spiro atoms. The van der Waals surface area contributed by atoms with Gasteiger partial charge in [0.05, 0.1) is 25.1 Å². The first-order valence-corrected chi connectivity index (χ1v) is 23.8. The van der Waals surface area contributed by atoms with E-state index in [4.69, 9.17) is 9.47 Å². The van der Waals surface area contributed by atoms with Crippen LogP contribution in [0, 0.1) is 19.3 Å². The van der Waals surface area contributed by atoms with Crippen molar-refractivity contribution in [1.29, 1.82) is 0 Å². The molecule has 2 fully saturated rings. The smallest absolute Gasteiger partial charge is 0.291 e. The fraction of sp³-hybridized carbons (Fsp3) is 0.537. The molecule has 2 unspecified atom stereocenters. The van der Waals surface area contributed by atoms with Crippen LogP contribution in [-0.4, -0.2) is 89.4 Å². The topological polar surface area (TPSA) is 144 Å². The average molecular weight is 891 g/mol. The summed E-state index contributed by atoms with van der Waals surface area (Å²) in [5, 5.41) is 0. The molecule has 1 aliphatic heterocycles. The molecule has 0 bridgehead atoms. The van der Waals surface area contributed by atoms with Crippen LogP contribution >= 0.6 is 0 Å². The summed E-state index contributed by atoms with van der Waals surface area (Å²) in [6.45, 7) is 10.6. The number of amides is 2. The van der Waals surface area contributed by atoms with Gasteiger partial charge in [-0.05, 0) is 136 Å². The summed E-state index contributed by atoms with van der Waals surface area (Å²) in [6.07, 6.45) is 9.80. The van der Waals surface area contributed by atoms with Gasteiger partial charge in [-0.25, -0.2) is 0 Å². The van der Waals surface area contributed by atoms with E-state index in [1.165, 1.54) is 26.5 Å². The van der Waals surface area contributed by atoms with Crippen molar-refractivity contribution in [3.05, 3.63) is 94.5 Å². The third-order valence-corrected chi connectivity index (χ3v) is 13.6. The number of nitrogens with zero attached hydrogens (tertiary/aromatic N) is 2. The van der Waals surface area contributed by atoms with E-state index >= 15 is 0 Å². The van der Waals surface area contributed by atoms with Crippen LogP contribution in [0.3, 0.4) is 0 Å². The first-order chi connectivity index (χ1) is 31.1. The zero-order valence-electron chi connectivity index (χ0n) is 39.6. The molecule has 1 saturated carbocycles. The fourth-order valence-electron chi connectivity index (χ4n) is 8.70. The van der Waals surface area contributed by atoms with Gasteiger partial charge in [-0.15, -0.1) is 0 Å². The highest BCUT2D eigenvalue weighted by molar-refractivity contribution is 6.38. The Morgan fingerprint density at radius 2 is 1.57 bits per heavy atom. The molecule has 65 heavy (non-hydrogen) atoms. The van der Waals surface area contributed by atoms with Gasteiger partial charge in [0.2, 0.25) is 5.78 Å². The number of likely N-dealkylation sites (tertiary alicyclic amines) is 1. The van der Waals surface area contributed by atoms with Crippen LogP contribution in [-0.2, 0) is 35.2 Å². The molecule has 350 valence electrons. The summed E-state index contributed by atoms with van der Waals surface area (Å²) in [4.78, 5) is 93.6. The summed E-state index contributed by atoms with van der Waals surface area (Å²) in [5.74, 6) is -0.464. The second-order valence-corrected chi connectivity index (χ2v) is 18.8. The highest BCUT2D eigenvalue weighted by Gasteiger charge is 2.40. The number of unbranched alkanes of at least 4 members (excludes halogenated alkanes) is 4. The van der Waals surface area contributed by atoms with Crippen molar-refractivity contribution in [2.24, 2.45) is 5.41 Å². The number of carbonyl (C=O) groups excluding carboxylic acids is 7. The molecule has 1 saturated heterocycles. The van der Waals surface area contributed by atoms with Crippen molar-refractivity contribution in [3.8, 4) is 11.5 Å². The maximum absolute atomic E-state index is 14.2. The number of piperidine rings is 1. The summed E-state index contributed by atoms with van der Waals surface area (Å²) >= 11 is 0. The van der Waals surface area contributed by atoms with Crippen molar-refractivity contribution < 1.29 is 43.0 Å². The largest absolute Gasteiger partial charge is 0.494 e. The lowest BCUT2D eigenvalue weighted by Crippen LogP contribution is -2.52. The molecular formula is C54H70N2O9. The van der Waals surface area contributed by atoms with E-state index < -0.39 is 29.2 Å². The third-order valence-electron chi connectivity index (χ3n) is 13.6. The number of rotatable bonds is 24. The van der Waals surface area contributed by atoms with Crippen molar-refractivity contribution in [3.63, 3.8) is 0 Å². The van der Waals surface area contributed by atoms with E-state index in [1.54, 1.807) is 45.2 Å². The zero-order valence-corrected chi connectivity index (χ0v) is 39.6. The summed E-state index contributed by atoms with van der Waals surface area (Å²) in [6, 6.07) is 19.8. The molecular weight excluding hydrogens is 821 g/mol. The number of ketones is 5. The van der Waals surface area contributed by atoms with Crippen LogP contribution in [0.5, 0.6) is 11.5 Å². The number of likely N-dealkylation sites (N-methyl/N-ethyl adjacent to an activating group) is 1. The molecule has 1 heterocycles. The average Bonchev–Trinajstić information content (AvgIpc) is 3.30. The van der Waals surface area contributed by atoms with Gasteiger partial charge in [-0.3, -0.25) is 33.6 Å². The van der Waals surface area contributed by atoms with E-state index in [1.807, 2.05) is 31.2 Å². The SMILES string of the molecule is CCC(C)(C)C(=O)C(=O)N1CCCCC1C(=O)C[C@H](CCc1ccc(C)c(C)c1)c1cccc(OCC(=O)CCCCCCCOc2ccc(C(=O)N(C)C3CCC(=O)CC3=O)cc2)c1. The minimum absolute atomic E-state index is 0.0247. The third kappa shape index (κ3) is 14.5. The van der Waals surface area contributed by atoms with Gasteiger partial charge in [0.25, 0.3) is 11.8 Å². The lowest BCUT2D eigenvalue weighted by molar-refractivity contribution is -0.153. The predicted molar refractivity (Wildman–Crippen MR) is 251 cm³/mol. The molecule has 3 aromatic carbocycles. The van der Waals surface area contributed by atoms with Crippen LogP contribution in [0.15, 0.2) is 66.7 Å². The maximum Gasteiger partial charge on any atom is 0.291 e. The van der Waals surface area contributed by atoms with Crippen molar-refractivity contribution in [2.45, 2.75) is 155 Å². The first-order valence-electron chi connectivity index (χ1n) is 23.8. The number of aryl methyl sites for hydroxylation is 3. The number of ether oxygens (including phenoxy) is 2. The van der Waals surface area contributed by atoms with Crippen LogP contribution in [0.1, 0.15) is 156 Å². The van der Waals surface area contributed by atoms with Gasteiger partial charge in [0.1, 0.15) is 23.9 Å². The van der Waals surface area contributed by atoms with Crippen LogP contribution in [0.4, 0.5) is 0 Å².